The van der Waals surface area contributed by atoms with Crippen molar-refractivity contribution in [2.45, 2.75) is 19.4 Å². The minimum absolute atomic E-state index is 0.286. The van der Waals surface area contributed by atoms with Gasteiger partial charge in [-0.2, -0.15) is 0 Å². The highest BCUT2D eigenvalue weighted by Gasteiger charge is 2.20. The number of hydrogen-bond donors (Lipinski definition) is 1. The molecule has 3 rings (SSSR count). The normalized spacial score (nSPS) is 11.8. The minimum atomic E-state index is -0.656. The van der Waals surface area contributed by atoms with Gasteiger partial charge in [0.2, 0.25) is 5.13 Å². The van der Waals surface area contributed by atoms with Gasteiger partial charge in [-0.3, -0.25) is 10.1 Å². The molecule has 26 heavy (non-hydrogen) atoms. The van der Waals surface area contributed by atoms with Gasteiger partial charge in [0.05, 0.1) is 0 Å². The van der Waals surface area contributed by atoms with E-state index >= 15 is 0 Å². The van der Waals surface area contributed by atoms with Crippen LogP contribution in [0.5, 0.6) is 5.75 Å². The van der Waals surface area contributed by atoms with E-state index in [0.29, 0.717) is 32.4 Å². The van der Waals surface area contributed by atoms with E-state index in [0.717, 1.165) is 5.56 Å². The summed E-state index contributed by atoms with van der Waals surface area (Å²) in [6, 6.07) is 14.2. The van der Waals surface area contributed by atoms with Crippen LogP contribution in [0.25, 0.3) is 10.6 Å². The number of nitrogens with one attached hydrogen (secondary N) is 1. The van der Waals surface area contributed by atoms with Crippen molar-refractivity contribution in [3.05, 3.63) is 58.6 Å². The molecule has 0 radical (unpaired) electrons. The molecule has 1 heterocycles. The molecule has 0 fully saturated rings. The lowest BCUT2D eigenvalue weighted by Gasteiger charge is -2.16. The highest BCUT2D eigenvalue weighted by molar-refractivity contribution is 7.18. The molecule has 1 N–H and O–H groups in total. The first kappa shape index (κ1) is 18.6. The lowest BCUT2D eigenvalue weighted by atomic mass is 10.2. The van der Waals surface area contributed by atoms with Gasteiger partial charge in [-0.25, -0.2) is 0 Å². The van der Waals surface area contributed by atoms with Crippen LogP contribution < -0.4 is 10.1 Å². The Morgan fingerprint density at radius 1 is 1.15 bits per heavy atom. The zero-order valence-corrected chi connectivity index (χ0v) is 16.1. The van der Waals surface area contributed by atoms with Crippen LogP contribution in [0.2, 0.25) is 10.0 Å². The molecule has 1 amide bonds. The van der Waals surface area contributed by atoms with Gasteiger partial charge in [0.1, 0.15) is 10.8 Å². The van der Waals surface area contributed by atoms with E-state index in [-0.39, 0.29) is 5.91 Å². The summed E-state index contributed by atoms with van der Waals surface area (Å²) in [5.74, 6) is 0.255. The molecule has 3 aromatic rings. The van der Waals surface area contributed by atoms with Gasteiger partial charge >= 0.3 is 0 Å². The maximum absolute atomic E-state index is 12.5. The predicted molar refractivity (Wildman–Crippen MR) is 105 cm³/mol. The summed E-state index contributed by atoms with van der Waals surface area (Å²) in [4.78, 5) is 12.5. The van der Waals surface area contributed by atoms with Crippen molar-refractivity contribution in [2.24, 2.45) is 0 Å². The molecule has 8 heteroatoms. The van der Waals surface area contributed by atoms with Crippen molar-refractivity contribution >= 4 is 45.6 Å². The number of aromatic nitrogens is 2. The second kappa shape index (κ2) is 8.49. The van der Waals surface area contributed by atoms with E-state index in [2.05, 4.69) is 15.5 Å². The molecule has 1 unspecified atom stereocenters. The Labute approximate surface area is 164 Å². The summed E-state index contributed by atoms with van der Waals surface area (Å²) >= 11 is 13.1. The van der Waals surface area contributed by atoms with Crippen molar-refractivity contribution < 1.29 is 9.53 Å². The topological polar surface area (TPSA) is 64.1 Å². The van der Waals surface area contributed by atoms with Gasteiger partial charge in [0, 0.05) is 15.6 Å². The zero-order valence-electron chi connectivity index (χ0n) is 13.8. The monoisotopic (exact) mass is 407 g/mol. The van der Waals surface area contributed by atoms with Crippen molar-refractivity contribution in [1.82, 2.24) is 10.2 Å². The molecule has 5 nitrogen and oxygen atoms in total. The maximum atomic E-state index is 12.5. The number of nitrogens with zero attached hydrogens (tertiary/aromatic N) is 2. The molecule has 1 atom stereocenters. The van der Waals surface area contributed by atoms with E-state index in [1.807, 2.05) is 19.1 Å². The second-order valence-corrected chi connectivity index (χ2v) is 7.23. The quantitative estimate of drug-likeness (QED) is 0.601. The molecule has 134 valence electrons. The molecule has 0 aliphatic heterocycles. The van der Waals surface area contributed by atoms with Crippen LogP contribution in [0, 0.1) is 0 Å². The SMILES string of the molecule is CCC(Oc1cccc(Cl)c1)C(=O)Nc1nnc(-c2ccc(Cl)cc2)s1. The lowest BCUT2D eigenvalue weighted by molar-refractivity contribution is -0.122. The number of hydrogen-bond acceptors (Lipinski definition) is 5. The van der Waals surface area contributed by atoms with E-state index < -0.39 is 6.10 Å². The Balaban J connectivity index is 1.67. The Bertz CT molecular complexity index is 899. The number of amides is 1. The number of anilines is 1. The van der Waals surface area contributed by atoms with E-state index in [9.17, 15) is 4.79 Å². The average Bonchev–Trinajstić information content (AvgIpc) is 3.08. The fraction of sp³-hybridized carbons (Fsp3) is 0.167. The number of carbonyl (C=O) groups excluding carboxylic acids is 1. The fourth-order valence-electron chi connectivity index (χ4n) is 2.20. The van der Waals surface area contributed by atoms with Gasteiger partial charge in [0.15, 0.2) is 6.10 Å². The Hall–Kier alpha value is -2.15. The van der Waals surface area contributed by atoms with Gasteiger partial charge in [-0.05, 0) is 36.8 Å². The molecule has 0 saturated carbocycles. The summed E-state index contributed by atoms with van der Waals surface area (Å²) in [6.07, 6.45) is -0.155. The van der Waals surface area contributed by atoms with Gasteiger partial charge in [-0.15, -0.1) is 10.2 Å². The van der Waals surface area contributed by atoms with E-state index in [4.69, 9.17) is 27.9 Å². The van der Waals surface area contributed by atoms with Crippen LogP contribution in [0.3, 0.4) is 0 Å². The molecule has 0 saturated heterocycles. The first-order chi connectivity index (χ1) is 12.5. The van der Waals surface area contributed by atoms with Crippen molar-refractivity contribution in [3.8, 4) is 16.3 Å². The highest BCUT2D eigenvalue weighted by Crippen LogP contribution is 2.27. The third kappa shape index (κ3) is 4.72. The van der Waals surface area contributed by atoms with Crippen molar-refractivity contribution in [2.75, 3.05) is 5.32 Å². The van der Waals surface area contributed by atoms with Gasteiger partial charge in [-0.1, -0.05) is 59.7 Å². The standard InChI is InChI=1S/C18H15Cl2N3O2S/c1-2-15(25-14-5-3-4-13(20)10-14)16(24)21-18-23-22-17(26-18)11-6-8-12(19)9-7-11/h3-10,15H,2H2,1H3,(H,21,23,24). The molecular formula is C18H15Cl2N3O2S. The zero-order chi connectivity index (χ0) is 18.5. The summed E-state index contributed by atoms with van der Waals surface area (Å²) in [5, 5.41) is 13.2. The smallest absolute Gasteiger partial charge is 0.267 e. The average molecular weight is 408 g/mol. The van der Waals surface area contributed by atoms with Gasteiger partial charge < -0.3 is 4.74 Å². The maximum Gasteiger partial charge on any atom is 0.267 e. The molecular weight excluding hydrogens is 393 g/mol. The Kier molecular flexibility index (Phi) is 6.08. The van der Waals surface area contributed by atoms with E-state index in [1.165, 1.54) is 11.3 Å². The summed E-state index contributed by atoms with van der Waals surface area (Å²) in [6.45, 7) is 1.87. The Morgan fingerprint density at radius 2 is 1.92 bits per heavy atom. The minimum Gasteiger partial charge on any atom is -0.481 e. The van der Waals surface area contributed by atoms with Crippen LogP contribution in [-0.2, 0) is 4.79 Å². The molecule has 0 spiro atoms. The van der Waals surface area contributed by atoms with Crippen LogP contribution in [0.4, 0.5) is 5.13 Å². The fourth-order valence-corrected chi connectivity index (χ4v) is 3.25. The lowest BCUT2D eigenvalue weighted by Crippen LogP contribution is -2.32. The van der Waals surface area contributed by atoms with Gasteiger partial charge in [0.25, 0.3) is 5.91 Å². The number of rotatable bonds is 6. The van der Waals surface area contributed by atoms with Crippen molar-refractivity contribution in [1.29, 1.82) is 0 Å². The number of carbonyl (C=O) groups is 1. The third-order valence-corrected chi connectivity index (χ3v) is 4.86. The third-order valence-electron chi connectivity index (χ3n) is 3.48. The van der Waals surface area contributed by atoms with E-state index in [1.54, 1.807) is 36.4 Å². The largest absolute Gasteiger partial charge is 0.481 e. The molecule has 2 aromatic carbocycles. The number of ether oxygens (including phenoxy) is 1. The Morgan fingerprint density at radius 3 is 2.62 bits per heavy atom. The summed E-state index contributed by atoms with van der Waals surface area (Å²) < 4.78 is 5.73. The van der Waals surface area contributed by atoms with Crippen LogP contribution in [-0.4, -0.2) is 22.2 Å². The summed E-state index contributed by atoms with van der Waals surface area (Å²) in [7, 11) is 0. The second-order valence-electron chi connectivity index (χ2n) is 5.38. The van der Waals surface area contributed by atoms with Crippen LogP contribution in [0.15, 0.2) is 48.5 Å². The molecule has 0 aliphatic carbocycles. The summed E-state index contributed by atoms with van der Waals surface area (Å²) in [5.41, 5.74) is 0.884. The molecule has 1 aromatic heterocycles. The van der Waals surface area contributed by atoms with Crippen LogP contribution >= 0.6 is 34.5 Å². The predicted octanol–water partition coefficient (Wildman–Crippen LogP) is 5.31. The molecule has 0 bridgehead atoms. The highest BCUT2D eigenvalue weighted by atomic mass is 35.5. The first-order valence-corrected chi connectivity index (χ1v) is 9.45. The first-order valence-electron chi connectivity index (χ1n) is 7.87. The molecule has 0 aliphatic rings. The number of halogens is 2. The number of benzene rings is 2. The van der Waals surface area contributed by atoms with Crippen LogP contribution in [0.1, 0.15) is 13.3 Å². The van der Waals surface area contributed by atoms with Crippen molar-refractivity contribution in [3.63, 3.8) is 0 Å².